The maximum absolute atomic E-state index is 12.0. The highest BCUT2D eigenvalue weighted by Gasteiger charge is 2.14. The van der Waals surface area contributed by atoms with Crippen molar-refractivity contribution in [2.45, 2.75) is 25.2 Å². The lowest BCUT2D eigenvalue weighted by molar-refractivity contribution is -0.149. The Kier molecular flexibility index (Phi) is 14.3. The third kappa shape index (κ3) is 12.9. The van der Waals surface area contributed by atoms with E-state index in [9.17, 15) is 13.2 Å². The third-order valence-corrected chi connectivity index (χ3v) is 4.95. The molecule has 0 fully saturated rings. The number of aryl methyl sites for hydroxylation is 1. The fourth-order valence-electron chi connectivity index (χ4n) is 2.12. The van der Waals surface area contributed by atoms with Crippen molar-refractivity contribution in [3.63, 3.8) is 0 Å². The maximum Gasteiger partial charge on any atom is 0.332 e. The average molecular weight is 449 g/mol. The van der Waals surface area contributed by atoms with Crippen LogP contribution in [0.2, 0.25) is 0 Å². The Bertz CT molecular complexity index is 674. The topological polar surface area (TPSA) is 107 Å². The summed E-state index contributed by atoms with van der Waals surface area (Å²) in [5, 5.41) is 0. The smallest absolute Gasteiger partial charge is 0.332 e. The molecule has 1 aromatic carbocycles. The highest BCUT2D eigenvalue weighted by Crippen LogP contribution is 2.13. The predicted octanol–water partition coefficient (Wildman–Crippen LogP) is 1.72. The van der Waals surface area contributed by atoms with Crippen molar-refractivity contribution in [1.29, 1.82) is 0 Å². The van der Waals surface area contributed by atoms with E-state index in [-0.39, 0.29) is 24.1 Å². The van der Waals surface area contributed by atoms with Gasteiger partial charge in [0.05, 0.1) is 57.8 Å². The van der Waals surface area contributed by atoms with Gasteiger partial charge in [-0.25, -0.2) is 4.79 Å². The number of ether oxygens (including phenoxy) is 5. The van der Waals surface area contributed by atoms with Gasteiger partial charge in [-0.2, -0.15) is 8.42 Å². The van der Waals surface area contributed by atoms with Crippen molar-refractivity contribution in [1.82, 2.24) is 0 Å². The van der Waals surface area contributed by atoms with Gasteiger partial charge in [0.25, 0.3) is 10.1 Å². The molecule has 0 N–H and O–H groups in total. The van der Waals surface area contributed by atoms with Crippen LogP contribution >= 0.6 is 0 Å². The Balaban J connectivity index is 1.88. The molecule has 10 heteroatoms. The van der Waals surface area contributed by atoms with E-state index in [1.165, 1.54) is 12.1 Å². The molecule has 9 nitrogen and oxygen atoms in total. The van der Waals surface area contributed by atoms with Crippen LogP contribution in [0.3, 0.4) is 0 Å². The summed E-state index contributed by atoms with van der Waals surface area (Å²) >= 11 is 0. The molecule has 0 radical (unpaired) electrons. The molecule has 0 saturated carbocycles. The minimum absolute atomic E-state index is 0.0587. The average Bonchev–Trinajstić information content (AvgIpc) is 2.71. The highest BCUT2D eigenvalue weighted by atomic mass is 32.2. The zero-order valence-corrected chi connectivity index (χ0v) is 18.5. The summed E-state index contributed by atoms with van der Waals surface area (Å²) < 4.78 is 54.8. The van der Waals surface area contributed by atoms with E-state index < -0.39 is 10.1 Å². The number of rotatable bonds is 18. The molecule has 0 aliphatic rings. The van der Waals surface area contributed by atoms with Crippen molar-refractivity contribution < 1.29 is 41.1 Å². The van der Waals surface area contributed by atoms with Gasteiger partial charge in [0.1, 0.15) is 6.61 Å². The Morgan fingerprint density at radius 1 is 0.800 bits per heavy atom. The molecule has 0 atom stereocenters. The van der Waals surface area contributed by atoms with E-state index >= 15 is 0 Å². The molecule has 0 heterocycles. The maximum atomic E-state index is 12.0. The first-order chi connectivity index (χ1) is 14.5. The van der Waals surface area contributed by atoms with Crippen LogP contribution < -0.4 is 0 Å². The summed E-state index contributed by atoms with van der Waals surface area (Å²) in [6.45, 7) is 6.62. The van der Waals surface area contributed by atoms with Gasteiger partial charge in [0.15, 0.2) is 0 Å². The van der Waals surface area contributed by atoms with Gasteiger partial charge in [0.2, 0.25) is 0 Å². The molecular formula is C20H32O9S. The number of esters is 1. The third-order valence-electron chi connectivity index (χ3n) is 3.62. The molecule has 1 rings (SSSR count). The highest BCUT2D eigenvalue weighted by molar-refractivity contribution is 7.86. The van der Waals surface area contributed by atoms with Crippen LogP contribution in [0.5, 0.6) is 0 Å². The fourth-order valence-corrected chi connectivity index (χ4v) is 3.06. The molecule has 0 bridgehead atoms. The van der Waals surface area contributed by atoms with E-state index in [1.54, 1.807) is 19.1 Å². The Labute approximate surface area is 178 Å². The Morgan fingerprint density at radius 2 is 1.33 bits per heavy atom. The van der Waals surface area contributed by atoms with Gasteiger partial charge in [-0.05, 0) is 32.4 Å². The van der Waals surface area contributed by atoms with Crippen LogP contribution in [0.25, 0.3) is 0 Å². The van der Waals surface area contributed by atoms with Gasteiger partial charge in [0, 0.05) is 6.61 Å². The second-order valence-corrected chi connectivity index (χ2v) is 7.75. The molecule has 0 unspecified atom stereocenters. The quantitative estimate of drug-likeness (QED) is 0.188. The molecular weight excluding hydrogens is 416 g/mol. The molecule has 0 spiro atoms. The molecule has 0 amide bonds. The molecule has 1 aromatic rings. The van der Waals surface area contributed by atoms with Crippen LogP contribution in [-0.4, -0.2) is 80.5 Å². The van der Waals surface area contributed by atoms with Gasteiger partial charge in [-0.3, -0.25) is 4.18 Å². The van der Waals surface area contributed by atoms with Gasteiger partial charge in [-0.15, -0.1) is 0 Å². The summed E-state index contributed by atoms with van der Waals surface area (Å²) in [6.07, 6.45) is 0.458. The van der Waals surface area contributed by atoms with E-state index in [0.717, 1.165) is 5.56 Å². The molecule has 0 aliphatic carbocycles. The lowest BCUT2D eigenvalue weighted by atomic mass is 10.2. The largest absolute Gasteiger partial charge is 0.464 e. The van der Waals surface area contributed by atoms with Crippen molar-refractivity contribution in [2.75, 3.05) is 66.1 Å². The first kappa shape index (κ1) is 26.5. The van der Waals surface area contributed by atoms with Crippen molar-refractivity contribution >= 4 is 16.1 Å². The lowest BCUT2D eigenvalue weighted by Gasteiger charge is -2.08. The summed E-state index contributed by atoms with van der Waals surface area (Å²) in [5.74, 6) is -0.389. The summed E-state index contributed by atoms with van der Waals surface area (Å²) in [6, 6.07) is 6.51. The van der Waals surface area contributed by atoms with E-state index in [4.69, 9.17) is 27.9 Å². The molecule has 172 valence electrons. The van der Waals surface area contributed by atoms with Crippen LogP contribution in [-0.2, 0) is 42.8 Å². The predicted molar refractivity (Wildman–Crippen MR) is 109 cm³/mol. The van der Waals surface area contributed by atoms with E-state index in [1.807, 2.05) is 6.92 Å². The van der Waals surface area contributed by atoms with E-state index in [2.05, 4.69) is 0 Å². The fraction of sp³-hybridized carbons (Fsp3) is 0.650. The van der Waals surface area contributed by atoms with Crippen molar-refractivity contribution in [2.24, 2.45) is 0 Å². The van der Waals surface area contributed by atoms with Crippen molar-refractivity contribution in [3.05, 3.63) is 29.8 Å². The van der Waals surface area contributed by atoms with Gasteiger partial charge >= 0.3 is 5.97 Å². The number of carbonyl (C=O) groups excluding carboxylic acids is 1. The zero-order valence-electron chi connectivity index (χ0n) is 17.7. The van der Waals surface area contributed by atoms with Crippen LogP contribution in [0.4, 0.5) is 0 Å². The van der Waals surface area contributed by atoms with Crippen LogP contribution in [0, 0.1) is 6.92 Å². The monoisotopic (exact) mass is 448 g/mol. The molecule has 0 aromatic heterocycles. The number of hydrogen-bond acceptors (Lipinski definition) is 9. The van der Waals surface area contributed by atoms with Crippen molar-refractivity contribution in [3.8, 4) is 0 Å². The Morgan fingerprint density at radius 3 is 1.90 bits per heavy atom. The number of carbonyl (C=O) groups is 1. The van der Waals surface area contributed by atoms with Gasteiger partial charge in [-0.1, -0.05) is 17.7 Å². The molecule has 30 heavy (non-hydrogen) atoms. The van der Waals surface area contributed by atoms with Crippen LogP contribution in [0.1, 0.15) is 18.9 Å². The summed E-state index contributed by atoms with van der Waals surface area (Å²) in [7, 11) is -3.73. The Hall–Kier alpha value is -1.56. The van der Waals surface area contributed by atoms with E-state index in [0.29, 0.717) is 59.3 Å². The minimum Gasteiger partial charge on any atom is -0.464 e. The molecule has 0 saturated heterocycles. The van der Waals surface area contributed by atoms with Gasteiger partial charge < -0.3 is 23.7 Å². The summed E-state index contributed by atoms with van der Waals surface area (Å²) in [5.41, 5.74) is 0.983. The SMILES string of the molecule is CCOC(=O)COCCOCCOCCOCCCOS(=O)(=O)c1ccc(C)cc1. The normalized spacial score (nSPS) is 11.5. The first-order valence-electron chi connectivity index (χ1n) is 9.88. The standard InChI is InChI=1S/C20H32O9S/c1-3-28-20(21)17-27-16-15-26-14-13-25-12-11-24-9-4-10-29-30(22,23)19-7-5-18(2)6-8-19/h5-8H,3-4,9-17H2,1-2H3. The minimum atomic E-state index is -3.73. The number of benzene rings is 1. The lowest BCUT2D eigenvalue weighted by Crippen LogP contribution is -2.16. The number of hydrogen-bond donors (Lipinski definition) is 0. The molecule has 0 aliphatic heterocycles. The second kappa shape index (κ2) is 16.2. The summed E-state index contributed by atoms with van der Waals surface area (Å²) in [4.78, 5) is 11.2. The first-order valence-corrected chi connectivity index (χ1v) is 11.3. The second-order valence-electron chi connectivity index (χ2n) is 6.14. The zero-order chi connectivity index (χ0) is 22.1. The van der Waals surface area contributed by atoms with Crippen LogP contribution in [0.15, 0.2) is 29.2 Å².